The number of carbonyl (C=O) groups is 5. The van der Waals surface area contributed by atoms with Crippen molar-refractivity contribution in [3.8, 4) is 0 Å². The Bertz CT molecular complexity index is 1510. The van der Waals surface area contributed by atoms with E-state index in [1.165, 1.54) is 28.4 Å². The van der Waals surface area contributed by atoms with Crippen LogP contribution in [0.5, 0.6) is 0 Å². The fourth-order valence-corrected chi connectivity index (χ4v) is 10.3. The molecule has 1 aromatic rings. The van der Waals surface area contributed by atoms with Gasteiger partial charge in [0.15, 0.2) is 0 Å². The number of thioether (sulfide) groups is 3. The SMILES string of the molecule is CCC(C)C(=O)N1c2ccc(C)cc2C2=C(SC(C(=O)OC)=C(C(=O)OC)C23SC(C(=O)OC)=C(C(=O)OC)S3)C1(C)C. The van der Waals surface area contributed by atoms with Crippen molar-refractivity contribution < 1.29 is 42.9 Å². The Morgan fingerprint density at radius 3 is 1.84 bits per heavy atom. The second kappa shape index (κ2) is 12.1. The first-order chi connectivity index (χ1) is 20.2. The van der Waals surface area contributed by atoms with E-state index in [-0.39, 0.29) is 32.1 Å². The highest BCUT2D eigenvalue weighted by molar-refractivity contribution is 8.26. The highest BCUT2D eigenvalue weighted by atomic mass is 32.2. The summed E-state index contributed by atoms with van der Waals surface area (Å²) in [5.41, 5.74) is 1.48. The Morgan fingerprint density at radius 2 is 1.35 bits per heavy atom. The number of esters is 4. The van der Waals surface area contributed by atoms with Crippen molar-refractivity contribution >= 4 is 76.3 Å². The molecule has 230 valence electrons. The molecule has 10 nitrogen and oxygen atoms in total. The number of anilines is 1. The summed E-state index contributed by atoms with van der Waals surface area (Å²) in [7, 11) is 4.74. The van der Waals surface area contributed by atoms with Gasteiger partial charge < -0.3 is 23.8 Å². The Hall–Kier alpha value is -3.16. The maximum absolute atomic E-state index is 14.0. The van der Waals surface area contributed by atoms with Crippen LogP contribution in [0.2, 0.25) is 0 Å². The van der Waals surface area contributed by atoms with Gasteiger partial charge in [0.2, 0.25) is 5.91 Å². The number of amides is 1. The van der Waals surface area contributed by atoms with Gasteiger partial charge in [-0.15, -0.1) is 0 Å². The fourth-order valence-electron chi connectivity index (χ4n) is 5.22. The Kier molecular flexibility index (Phi) is 9.20. The minimum atomic E-state index is -1.60. The molecule has 3 aliphatic rings. The summed E-state index contributed by atoms with van der Waals surface area (Å²) >= 11 is 2.83. The normalized spacial score (nSPS) is 19.0. The van der Waals surface area contributed by atoms with Crippen LogP contribution in [-0.2, 0) is 42.9 Å². The smallest absolute Gasteiger partial charge is 0.345 e. The van der Waals surface area contributed by atoms with Crippen LogP contribution in [0.3, 0.4) is 0 Å². The molecule has 0 fully saturated rings. The van der Waals surface area contributed by atoms with Crippen molar-refractivity contribution in [1.29, 1.82) is 0 Å². The molecule has 0 saturated carbocycles. The molecular formula is C30H33NO9S3. The molecule has 1 atom stereocenters. The van der Waals surface area contributed by atoms with E-state index in [1.807, 2.05) is 52.8 Å². The molecule has 1 spiro atoms. The topological polar surface area (TPSA) is 126 Å². The Balaban J connectivity index is 2.18. The van der Waals surface area contributed by atoms with Gasteiger partial charge in [-0.05, 0) is 39.3 Å². The molecule has 1 amide bonds. The molecule has 43 heavy (non-hydrogen) atoms. The third-order valence-electron chi connectivity index (χ3n) is 7.55. The number of aryl methyl sites for hydroxylation is 1. The van der Waals surface area contributed by atoms with E-state index >= 15 is 0 Å². The first-order valence-corrected chi connectivity index (χ1v) is 15.8. The molecule has 1 unspecified atom stereocenters. The monoisotopic (exact) mass is 647 g/mol. The van der Waals surface area contributed by atoms with Crippen molar-refractivity contribution in [2.45, 2.75) is 50.7 Å². The number of hydrogen-bond donors (Lipinski definition) is 0. The van der Waals surface area contributed by atoms with Gasteiger partial charge in [0.25, 0.3) is 0 Å². The molecule has 13 heteroatoms. The summed E-state index contributed by atoms with van der Waals surface area (Å²) in [6, 6.07) is 5.64. The van der Waals surface area contributed by atoms with Crippen LogP contribution in [0.25, 0.3) is 5.57 Å². The van der Waals surface area contributed by atoms with Crippen molar-refractivity contribution in [3.05, 3.63) is 54.5 Å². The summed E-state index contributed by atoms with van der Waals surface area (Å²) in [5, 5.41) is 0. The lowest BCUT2D eigenvalue weighted by Gasteiger charge is -2.51. The molecule has 0 aliphatic carbocycles. The van der Waals surface area contributed by atoms with Gasteiger partial charge in [0.1, 0.15) is 18.8 Å². The van der Waals surface area contributed by atoms with Gasteiger partial charge in [0.05, 0.1) is 45.2 Å². The predicted octanol–water partition coefficient (Wildman–Crippen LogP) is 4.96. The number of hydrogen-bond acceptors (Lipinski definition) is 12. The Labute approximate surface area is 262 Å². The number of rotatable bonds is 6. The predicted molar refractivity (Wildman–Crippen MR) is 167 cm³/mol. The third-order valence-corrected chi connectivity index (χ3v) is 12.2. The molecule has 0 radical (unpaired) electrons. The number of methoxy groups -OCH3 is 4. The van der Waals surface area contributed by atoms with Gasteiger partial charge in [-0.3, -0.25) is 4.79 Å². The number of nitrogens with zero attached hydrogens (tertiary/aromatic N) is 1. The lowest BCUT2D eigenvalue weighted by Crippen LogP contribution is -2.55. The first kappa shape index (κ1) is 32.7. The van der Waals surface area contributed by atoms with Gasteiger partial charge in [0, 0.05) is 22.0 Å². The third kappa shape index (κ3) is 5.08. The van der Waals surface area contributed by atoms with E-state index in [9.17, 15) is 24.0 Å². The van der Waals surface area contributed by atoms with Crippen LogP contribution in [0.1, 0.15) is 45.2 Å². The average molecular weight is 648 g/mol. The van der Waals surface area contributed by atoms with E-state index in [0.29, 0.717) is 28.1 Å². The molecule has 0 N–H and O–H groups in total. The quantitative estimate of drug-likeness (QED) is 0.306. The maximum Gasteiger partial charge on any atom is 0.345 e. The molecule has 0 saturated heterocycles. The fraction of sp³-hybridized carbons (Fsp3) is 0.433. The molecule has 0 aromatic heterocycles. The second-order valence-electron chi connectivity index (χ2n) is 10.5. The maximum atomic E-state index is 14.0. The standard InChI is InChI=1S/C30H33NO9S3/c1-10-15(3)24(32)31-17-12-11-14(2)13-16(17)18-23(29(31,4)5)41-20(26(34)38-7)19(25(33)37-6)30(18)42-21(27(35)39-8)22(43-30)28(36)40-9/h11-13,15H,10H2,1-9H3. The lowest BCUT2D eigenvalue weighted by molar-refractivity contribution is -0.138. The molecule has 4 rings (SSSR count). The van der Waals surface area contributed by atoms with E-state index < -0.39 is 33.5 Å². The van der Waals surface area contributed by atoms with Crippen molar-refractivity contribution in [3.63, 3.8) is 0 Å². The number of benzene rings is 1. The zero-order valence-electron chi connectivity index (χ0n) is 25.4. The summed E-state index contributed by atoms with van der Waals surface area (Å²) in [4.78, 5) is 69.4. The highest BCUT2D eigenvalue weighted by Crippen LogP contribution is 2.71. The van der Waals surface area contributed by atoms with Gasteiger partial charge in [-0.2, -0.15) is 0 Å². The van der Waals surface area contributed by atoms with E-state index in [1.54, 1.807) is 4.90 Å². The van der Waals surface area contributed by atoms with Crippen LogP contribution in [-0.4, -0.2) is 67.8 Å². The molecule has 0 bridgehead atoms. The van der Waals surface area contributed by atoms with Gasteiger partial charge in [-0.25, -0.2) is 19.2 Å². The van der Waals surface area contributed by atoms with E-state index in [2.05, 4.69) is 0 Å². The van der Waals surface area contributed by atoms with Crippen LogP contribution in [0.4, 0.5) is 5.69 Å². The minimum Gasteiger partial charge on any atom is -0.466 e. The lowest BCUT2D eigenvalue weighted by atomic mass is 9.82. The zero-order valence-corrected chi connectivity index (χ0v) is 27.8. The molecule has 3 heterocycles. The summed E-state index contributed by atoms with van der Waals surface area (Å²) in [6.45, 7) is 9.42. The number of carbonyl (C=O) groups excluding carboxylic acids is 5. The molecular weight excluding hydrogens is 615 g/mol. The van der Waals surface area contributed by atoms with Crippen LogP contribution in [0.15, 0.2) is 43.4 Å². The summed E-state index contributed by atoms with van der Waals surface area (Å²) < 4.78 is 18.8. The van der Waals surface area contributed by atoms with Gasteiger partial charge >= 0.3 is 23.9 Å². The highest BCUT2D eigenvalue weighted by Gasteiger charge is 2.61. The van der Waals surface area contributed by atoms with E-state index in [4.69, 9.17) is 18.9 Å². The Morgan fingerprint density at radius 1 is 0.837 bits per heavy atom. The van der Waals surface area contributed by atoms with Gasteiger partial charge in [-0.1, -0.05) is 60.8 Å². The van der Waals surface area contributed by atoms with Crippen LogP contribution < -0.4 is 4.90 Å². The number of fused-ring (bicyclic) bond motifs is 3. The summed E-state index contributed by atoms with van der Waals surface area (Å²) in [6.07, 6.45) is 0.607. The molecule has 3 aliphatic heterocycles. The van der Waals surface area contributed by atoms with Crippen molar-refractivity contribution in [1.82, 2.24) is 0 Å². The number of ether oxygens (including phenoxy) is 4. The van der Waals surface area contributed by atoms with Crippen LogP contribution in [0, 0.1) is 12.8 Å². The van der Waals surface area contributed by atoms with Crippen molar-refractivity contribution in [2.24, 2.45) is 5.92 Å². The summed E-state index contributed by atoms with van der Waals surface area (Å²) in [5.74, 6) is -3.71. The minimum absolute atomic E-state index is 0.0800. The first-order valence-electron chi connectivity index (χ1n) is 13.3. The van der Waals surface area contributed by atoms with E-state index in [0.717, 1.165) is 40.8 Å². The average Bonchev–Trinajstić information content (AvgIpc) is 3.38. The second-order valence-corrected chi connectivity index (χ2v) is 14.2. The van der Waals surface area contributed by atoms with Crippen LogP contribution >= 0.6 is 35.3 Å². The van der Waals surface area contributed by atoms with Crippen molar-refractivity contribution in [2.75, 3.05) is 33.3 Å². The largest absolute Gasteiger partial charge is 0.466 e. The zero-order chi connectivity index (χ0) is 32.0. The molecule has 1 aromatic carbocycles.